The van der Waals surface area contributed by atoms with Gasteiger partial charge in [0.05, 0.1) is 0 Å². The van der Waals surface area contributed by atoms with E-state index in [0.29, 0.717) is 0 Å². The molecule has 2 aliphatic carbocycles. The molecule has 0 saturated heterocycles. The van der Waals surface area contributed by atoms with Crippen LogP contribution in [-0.4, -0.2) is 0 Å². The van der Waals surface area contributed by atoms with E-state index in [1.165, 1.54) is 5.56 Å². The first-order chi connectivity index (χ1) is 10.8. The van der Waals surface area contributed by atoms with Crippen LogP contribution >= 0.6 is 0 Å². The van der Waals surface area contributed by atoms with Crippen molar-refractivity contribution in [2.75, 3.05) is 0 Å². The molecule has 0 amide bonds. The summed E-state index contributed by atoms with van der Waals surface area (Å²) in [6.07, 6.45) is 24.1. The van der Waals surface area contributed by atoms with Gasteiger partial charge in [0.1, 0.15) is 0 Å². The van der Waals surface area contributed by atoms with E-state index in [-0.39, 0.29) is 0 Å². The van der Waals surface area contributed by atoms with E-state index in [1.54, 1.807) is 12.2 Å². The van der Waals surface area contributed by atoms with Gasteiger partial charge in [0.2, 0.25) is 0 Å². The minimum Gasteiger partial charge on any atom is -0.0991 e. The third-order valence-corrected chi connectivity index (χ3v) is 2.51. The summed E-state index contributed by atoms with van der Waals surface area (Å²) in [5.74, 6) is 0. The standard InChI is InChI=1S/C8H8.2C5H6.C4H6/c1-2-8-6-4-3-5-7-8;2*1-2-4-5-3-1;1-3-4-2/h2-7H,1H2;2*1-4H,5H2;3-4H,1-2H2. The van der Waals surface area contributed by atoms with E-state index in [1.807, 2.05) is 36.4 Å². The fourth-order valence-electron chi connectivity index (χ4n) is 1.37. The van der Waals surface area contributed by atoms with E-state index in [4.69, 9.17) is 0 Å². The molecule has 0 bridgehead atoms. The molecule has 0 aliphatic heterocycles. The molecule has 114 valence electrons. The van der Waals surface area contributed by atoms with Crippen molar-refractivity contribution in [2.24, 2.45) is 0 Å². The fraction of sp³-hybridized carbons (Fsp3) is 0.0909. The third kappa shape index (κ3) is 13.8. The summed E-state index contributed by atoms with van der Waals surface area (Å²) in [4.78, 5) is 0. The summed E-state index contributed by atoms with van der Waals surface area (Å²) < 4.78 is 0. The van der Waals surface area contributed by atoms with Gasteiger partial charge in [-0.2, -0.15) is 0 Å². The Balaban J connectivity index is 0.000000279. The van der Waals surface area contributed by atoms with Gasteiger partial charge in [-0.05, 0) is 18.4 Å². The highest BCUT2D eigenvalue weighted by atomic mass is 13.8. The number of allylic oxidation sites excluding steroid dienone is 10. The van der Waals surface area contributed by atoms with Crippen molar-refractivity contribution in [2.45, 2.75) is 12.8 Å². The van der Waals surface area contributed by atoms with Gasteiger partial charge in [-0.3, -0.25) is 0 Å². The van der Waals surface area contributed by atoms with Crippen LogP contribution in [0.4, 0.5) is 0 Å². The average Bonchev–Trinajstić information content (AvgIpc) is 3.33. The summed E-state index contributed by atoms with van der Waals surface area (Å²) in [5, 5.41) is 0. The van der Waals surface area contributed by atoms with Crippen molar-refractivity contribution in [3.8, 4) is 0 Å². The molecule has 2 aliphatic rings. The molecule has 0 spiro atoms. The first kappa shape index (κ1) is 19.4. The van der Waals surface area contributed by atoms with Gasteiger partial charge in [0, 0.05) is 0 Å². The second kappa shape index (κ2) is 16.5. The summed E-state index contributed by atoms with van der Waals surface area (Å²) in [6, 6.07) is 10.0. The van der Waals surface area contributed by atoms with E-state index in [9.17, 15) is 0 Å². The lowest BCUT2D eigenvalue weighted by Crippen LogP contribution is -1.63. The Morgan fingerprint density at radius 2 is 1.05 bits per heavy atom. The van der Waals surface area contributed by atoms with Crippen molar-refractivity contribution in [3.05, 3.63) is 116 Å². The van der Waals surface area contributed by atoms with Crippen LogP contribution in [0.2, 0.25) is 0 Å². The Bertz CT molecular complexity index is 462. The first-order valence-corrected chi connectivity index (χ1v) is 7.39. The van der Waals surface area contributed by atoms with E-state index in [0.717, 1.165) is 12.8 Å². The van der Waals surface area contributed by atoms with Crippen LogP contribution in [0.1, 0.15) is 18.4 Å². The van der Waals surface area contributed by atoms with Crippen LogP contribution < -0.4 is 0 Å². The molecule has 1 aromatic rings. The van der Waals surface area contributed by atoms with Gasteiger partial charge in [-0.1, -0.05) is 117 Å². The lowest BCUT2D eigenvalue weighted by Gasteiger charge is -1.85. The van der Waals surface area contributed by atoms with Gasteiger partial charge in [-0.15, -0.1) is 0 Å². The summed E-state index contributed by atoms with van der Waals surface area (Å²) in [5.41, 5.74) is 1.17. The quantitative estimate of drug-likeness (QED) is 0.532. The maximum absolute atomic E-state index is 3.63. The molecule has 0 fully saturated rings. The highest BCUT2D eigenvalue weighted by Gasteiger charge is 1.76. The van der Waals surface area contributed by atoms with Crippen LogP contribution in [-0.2, 0) is 0 Å². The molecule has 22 heavy (non-hydrogen) atoms. The molecule has 1 aromatic carbocycles. The molecule has 0 heterocycles. The van der Waals surface area contributed by atoms with Crippen LogP contribution in [0.25, 0.3) is 6.08 Å². The zero-order valence-electron chi connectivity index (χ0n) is 13.3. The van der Waals surface area contributed by atoms with Crippen molar-refractivity contribution in [1.29, 1.82) is 0 Å². The number of benzene rings is 1. The van der Waals surface area contributed by atoms with Crippen LogP contribution in [0.3, 0.4) is 0 Å². The minimum absolute atomic E-state index is 1.14. The second-order valence-corrected chi connectivity index (χ2v) is 4.27. The topological polar surface area (TPSA) is 0 Å². The maximum atomic E-state index is 3.63. The summed E-state index contributed by atoms with van der Waals surface area (Å²) >= 11 is 0. The van der Waals surface area contributed by atoms with Crippen molar-refractivity contribution < 1.29 is 0 Å². The molecular formula is C22H26. The van der Waals surface area contributed by atoms with Crippen molar-refractivity contribution in [3.63, 3.8) is 0 Å². The molecular weight excluding hydrogens is 264 g/mol. The van der Waals surface area contributed by atoms with Gasteiger partial charge in [-0.25, -0.2) is 0 Å². The Labute approximate surface area is 135 Å². The van der Waals surface area contributed by atoms with Crippen LogP contribution in [0, 0.1) is 0 Å². The highest BCUT2D eigenvalue weighted by molar-refractivity contribution is 5.45. The molecule has 0 unspecified atom stereocenters. The van der Waals surface area contributed by atoms with Crippen molar-refractivity contribution >= 4 is 6.08 Å². The molecule has 0 N–H and O–H groups in total. The molecule has 0 nitrogen and oxygen atoms in total. The highest BCUT2D eigenvalue weighted by Crippen LogP contribution is 1.97. The maximum Gasteiger partial charge on any atom is -0.0163 e. The van der Waals surface area contributed by atoms with E-state index in [2.05, 4.69) is 68.3 Å². The third-order valence-electron chi connectivity index (χ3n) is 2.51. The number of hydrogen-bond acceptors (Lipinski definition) is 0. The average molecular weight is 290 g/mol. The second-order valence-electron chi connectivity index (χ2n) is 4.27. The lowest BCUT2D eigenvalue weighted by molar-refractivity contribution is 1.45. The van der Waals surface area contributed by atoms with Gasteiger partial charge in [0.25, 0.3) is 0 Å². The predicted octanol–water partition coefficient (Wildman–Crippen LogP) is 6.69. The Morgan fingerprint density at radius 3 is 1.23 bits per heavy atom. The van der Waals surface area contributed by atoms with E-state index < -0.39 is 0 Å². The first-order valence-electron chi connectivity index (χ1n) is 7.39. The van der Waals surface area contributed by atoms with Gasteiger partial charge >= 0.3 is 0 Å². The molecule has 0 radical (unpaired) electrons. The van der Waals surface area contributed by atoms with Gasteiger partial charge in [0.15, 0.2) is 0 Å². The zero-order chi connectivity index (χ0) is 16.3. The Kier molecular flexibility index (Phi) is 14.5. The monoisotopic (exact) mass is 290 g/mol. The lowest BCUT2D eigenvalue weighted by atomic mass is 10.2. The minimum atomic E-state index is 1.14. The molecule has 0 saturated carbocycles. The predicted molar refractivity (Wildman–Crippen MR) is 103 cm³/mol. The van der Waals surface area contributed by atoms with E-state index >= 15 is 0 Å². The van der Waals surface area contributed by atoms with Crippen LogP contribution in [0.15, 0.2) is 111 Å². The molecule has 0 aromatic heterocycles. The SMILES string of the molecule is C1=CCC=C1.C1=CCC=C1.C=CC=C.C=Cc1ccccc1. The van der Waals surface area contributed by atoms with Crippen LogP contribution in [0.5, 0.6) is 0 Å². The molecule has 0 atom stereocenters. The largest absolute Gasteiger partial charge is 0.0991 e. The molecule has 0 heteroatoms. The number of hydrogen-bond donors (Lipinski definition) is 0. The van der Waals surface area contributed by atoms with Gasteiger partial charge < -0.3 is 0 Å². The normalized spacial score (nSPS) is 12.0. The Hall–Kier alpha value is -2.60. The fourth-order valence-corrected chi connectivity index (χ4v) is 1.37. The van der Waals surface area contributed by atoms with Crippen molar-refractivity contribution in [1.82, 2.24) is 0 Å². The zero-order valence-corrected chi connectivity index (χ0v) is 13.3. The summed E-state index contributed by atoms with van der Waals surface area (Å²) in [7, 11) is 0. The summed E-state index contributed by atoms with van der Waals surface area (Å²) in [6.45, 7) is 10.4. The number of rotatable bonds is 2. The Morgan fingerprint density at radius 1 is 0.636 bits per heavy atom. The molecule has 3 rings (SSSR count). The smallest absolute Gasteiger partial charge is 0.0163 e.